The zero-order chi connectivity index (χ0) is 16.1. The molecule has 1 N–H and O–H groups in total. The Morgan fingerprint density at radius 2 is 2.22 bits per heavy atom. The molecule has 2 aromatic rings. The molecule has 0 radical (unpaired) electrons. The number of nitrogens with zero attached hydrogens (tertiary/aromatic N) is 1. The van der Waals surface area contributed by atoms with Gasteiger partial charge in [0.1, 0.15) is 0 Å². The predicted molar refractivity (Wildman–Crippen MR) is 90.7 cm³/mol. The number of esters is 1. The maximum atomic E-state index is 12.0. The molecule has 1 aromatic heterocycles. The second-order valence-electron chi connectivity index (χ2n) is 7.18. The van der Waals surface area contributed by atoms with Crippen molar-refractivity contribution in [3.8, 4) is 0 Å². The number of carbonyl (C=O) groups is 1. The van der Waals surface area contributed by atoms with Gasteiger partial charge in [0.05, 0.1) is 13.0 Å². The highest BCUT2D eigenvalue weighted by atomic mass is 16.5. The van der Waals surface area contributed by atoms with Crippen molar-refractivity contribution < 1.29 is 9.53 Å². The monoisotopic (exact) mass is 312 g/mol. The van der Waals surface area contributed by atoms with Crippen LogP contribution in [0, 0.1) is 5.92 Å². The number of piperidine rings is 1. The van der Waals surface area contributed by atoms with Crippen LogP contribution in [0.1, 0.15) is 43.4 Å². The number of fused-ring (bicyclic) bond motifs is 2. The minimum Gasteiger partial charge on any atom is -0.469 e. The Morgan fingerprint density at radius 3 is 2.96 bits per heavy atom. The number of rotatable bonds is 2. The molecule has 3 atom stereocenters. The zero-order valence-corrected chi connectivity index (χ0v) is 14.0. The van der Waals surface area contributed by atoms with Crippen LogP contribution in [0.25, 0.3) is 10.9 Å². The molecule has 1 aromatic carbocycles. The number of carbonyl (C=O) groups excluding carboxylic acids is 1. The topological polar surface area (TPSA) is 43.3 Å². The van der Waals surface area contributed by atoms with Crippen molar-refractivity contribution in [3.63, 3.8) is 0 Å². The summed E-state index contributed by atoms with van der Waals surface area (Å²) in [6.07, 6.45) is 4.25. The minimum atomic E-state index is -0.0892. The number of hydrogen-bond acceptors (Lipinski definition) is 3. The first-order chi connectivity index (χ1) is 11.1. The Bertz CT molecular complexity index is 762. The van der Waals surface area contributed by atoms with Gasteiger partial charge in [0, 0.05) is 41.6 Å². The van der Waals surface area contributed by atoms with Crippen LogP contribution in [0.4, 0.5) is 0 Å². The molecule has 1 aliphatic heterocycles. The number of hydrogen-bond donors (Lipinski definition) is 1. The SMILES string of the molecule is COC(=O)[C@H]1CN[C@@H]2Cc3cn(C(C)C)c4cccc(c34)C2C1. The first-order valence-electron chi connectivity index (χ1n) is 8.53. The molecule has 122 valence electrons. The Hall–Kier alpha value is -1.81. The number of ether oxygens (including phenoxy) is 1. The molecule has 1 aliphatic carbocycles. The summed E-state index contributed by atoms with van der Waals surface area (Å²) in [4.78, 5) is 12.0. The van der Waals surface area contributed by atoms with E-state index in [1.807, 2.05) is 0 Å². The molecule has 1 unspecified atom stereocenters. The van der Waals surface area contributed by atoms with Crippen LogP contribution in [0.3, 0.4) is 0 Å². The van der Waals surface area contributed by atoms with Gasteiger partial charge in [0.25, 0.3) is 0 Å². The number of benzene rings is 1. The maximum absolute atomic E-state index is 12.0. The lowest BCUT2D eigenvalue weighted by Crippen LogP contribution is -2.48. The third-order valence-electron chi connectivity index (χ3n) is 5.55. The van der Waals surface area contributed by atoms with Gasteiger partial charge in [0.2, 0.25) is 0 Å². The van der Waals surface area contributed by atoms with E-state index in [1.165, 1.54) is 29.1 Å². The average molecular weight is 312 g/mol. The quantitative estimate of drug-likeness (QED) is 0.867. The number of methoxy groups -OCH3 is 1. The second-order valence-corrected chi connectivity index (χ2v) is 7.18. The van der Waals surface area contributed by atoms with Crippen molar-refractivity contribution in [2.45, 2.75) is 44.7 Å². The summed E-state index contributed by atoms with van der Waals surface area (Å²) in [6.45, 7) is 5.18. The van der Waals surface area contributed by atoms with E-state index in [2.05, 4.69) is 48.1 Å². The fourth-order valence-corrected chi connectivity index (χ4v) is 4.45. The molecule has 4 rings (SSSR count). The third-order valence-corrected chi connectivity index (χ3v) is 5.55. The summed E-state index contributed by atoms with van der Waals surface area (Å²) in [7, 11) is 1.48. The molecule has 2 aliphatic rings. The fraction of sp³-hybridized carbons (Fsp3) is 0.526. The summed E-state index contributed by atoms with van der Waals surface area (Å²) < 4.78 is 7.34. The maximum Gasteiger partial charge on any atom is 0.309 e. The molecule has 2 heterocycles. The van der Waals surface area contributed by atoms with Crippen molar-refractivity contribution in [1.29, 1.82) is 0 Å². The van der Waals surface area contributed by atoms with Crippen LogP contribution >= 0.6 is 0 Å². The molecule has 4 heteroatoms. The summed E-state index contributed by atoms with van der Waals surface area (Å²) in [5, 5.41) is 5.01. The first-order valence-corrected chi connectivity index (χ1v) is 8.53. The van der Waals surface area contributed by atoms with Crippen molar-refractivity contribution in [2.75, 3.05) is 13.7 Å². The Labute approximate surface area is 136 Å². The Balaban J connectivity index is 1.80. The summed E-state index contributed by atoms with van der Waals surface area (Å²) >= 11 is 0. The number of aromatic nitrogens is 1. The van der Waals surface area contributed by atoms with E-state index in [-0.39, 0.29) is 11.9 Å². The van der Waals surface area contributed by atoms with Crippen LogP contribution < -0.4 is 5.32 Å². The Kier molecular flexibility index (Phi) is 3.45. The lowest BCUT2D eigenvalue weighted by molar-refractivity contribution is -0.146. The summed E-state index contributed by atoms with van der Waals surface area (Å²) in [6, 6.07) is 7.50. The van der Waals surface area contributed by atoms with Gasteiger partial charge < -0.3 is 14.6 Å². The molecule has 1 fully saturated rings. The van der Waals surface area contributed by atoms with Crippen LogP contribution in [-0.4, -0.2) is 30.2 Å². The lowest BCUT2D eigenvalue weighted by Gasteiger charge is -2.39. The van der Waals surface area contributed by atoms with Gasteiger partial charge in [-0.3, -0.25) is 4.79 Å². The van der Waals surface area contributed by atoms with E-state index >= 15 is 0 Å². The highest BCUT2D eigenvalue weighted by Crippen LogP contribution is 2.43. The predicted octanol–water partition coefficient (Wildman–Crippen LogP) is 3.01. The highest BCUT2D eigenvalue weighted by molar-refractivity contribution is 5.89. The highest BCUT2D eigenvalue weighted by Gasteiger charge is 2.39. The lowest BCUT2D eigenvalue weighted by atomic mass is 9.73. The van der Waals surface area contributed by atoms with Crippen LogP contribution in [-0.2, 0) is 16.0 Å². The van der Waals surface area contributed by atoms with Crippen molar-refractivity contribution in [1.82, 2.24) is 9.88 Å². The molecule has 1 saturated heterocycles. The normalized spacial score (nSPS) is 26.3. The van der Waals surface area contributed by atoms with Crippen molar-refractivity contribution in [3.05, 3.63) is 35.5 Å². The van der Waals surface area contributed by atoms with E-state index in [0.717, 1.165) is 19.4 Å². The zero-order valence-electron chi connectivity index (χ0n) is 14.0. The summed E-state index contributed by atoms with van der Waals surface area (Å²) in [5.41, 5.74) is 4.16. The minimum absolute atomic E-state index is 0.0368. The van der Waals surface area contributed by atoms with Gasteiger partial charge in [-0.15, -0.1) is 0 Å². The largest absolute Gasteiger partial charge is 0.469 e. The van der Waals surface area contributed by atoms with Gasteiger partial charge >= 0.3 is 5.97 Å². The first kappa shape index (κ1) is 14.8. The molecule has 0 saturated carbocycles. The second kappa shape index (κ2) is 5.38. The van der Waals surface area contributed by atoms with Gasteiger partial charge in [0.15, 0.2) is 0 Å². The summed E-state index contributed by atoms with van der Waals surface area (Å²) in [5.74, 6) is 0.269. The van der Waals surface area contributed by atoms with E-state index in [4.69, 9.17) is 4.74 Å². The van der Waals surface area contributed by atoms with Crippen LogP contribution in [0.2, 0.25) is 0 Å². The molecule has 0 spiro atoms. The third kappa shape index (κ3) is 2.19. The van der Waals surface area contributed by atoms with Crippen LogP contribution in [0.5, 0.6) is 0 Å². The smallest absolute Gasteiger partial charge is 0.309 e. The van der Waals surface area contributed by atoms with Gasteiger partial charge in [-0.25, -0.2) is 0 Å². The van der Waals surface area contributed by atoms with Crippen LogP contribution in [0.15, 0.2) is 24.4 Å². The average Bonchev–Trinajstić information content (AvgIpc) is 2.94. The van der Waals surface area contributed by atoms with Crippen molar-refractivity contribution >= 4 is 16.9 Å². The van der Waals surface area contributed by atoms with Gasteiger partial charge in [-0.05, 0) is 43.9 Å². The van der Waals surface area contributed by atoms with E-state index in [0.29, 0.717) is 18.0 Å². The molecule has 0 bridgehead atoms. The molecular weight excluding hydrogens is 288 g/mol. The van der Waals surface area contributed by atoms with Gasteiger partial charge in [-0.1, -0.05) is 12.1 Å². The number of nitrogens with one attached hydrogen (secondary N) is 1. The van der Waals surface area contributed by atoms with E-state index in [1.54, 1.807) is 0 Å². The van der Waals surface area contributed by atoms with E-state index in [9.17, 15) is 4.79 Å². The molecular formula is C19H24N2O2. The molecule has 0 amide bonds. The Morgan fingerprint density at radius 1 is 1.39 bits per heavy atom. The molecule has 23 heavy (non-hydrogen) atoms. The standard InChI is InChI=1S/C19H24N2O2/c1-11(2)21-10-13-8-16-15(7-12(9-20-16)19(22)23-3)14-5-4-6-17(21)18(13)14/h4-6,10-12,15-16,20H,7-9H2,1-3H3/t12-,15?,16-/m1/s1. The van der Waals surface area contributed by atoms with E-state index < -0.39 is 0 Å². The van der Waals surface area contributed by atoms with Gasteiger partial charge in [-0.2, -0.15) is 0 Å². The fourth-order valence-electron chi connectivity index (χ4n) is 4.45. The van der Waals surface area contributed by atoms with Crippen molar-refractivity contribution in [2.24, 2.45) is 5.92 Å². The molecule has 4 nitrogen and oxygen atoms in total.